The SMILES string of the molecule is CC1CCCCN1CCCNC(=O)c1ccc2c(c1)C(=O)N(c1ccccc1F)C2=O.Cl. The van der Waals surface area contributed by atoms with Crippen molar-refractivity contribution in [2.24, 2.45) is 0 Å². The third-order valence-electron chi connectivity index (χ3n) is 6.09. The number of benzene rings is 2. The van der Waals surface area contributed by atoms with Gasteiger partial charge in [-0.1, -0.05) is 18.6 Å². The molecule has 8 heteroatoms. The Morgan fingerprint density at radius 3 is 2.59 bits per heavy atom. The first-order valence-corrected chi connectivity index (χ1v) is 10.8. The lowest BCUT2D eigenvalue weighted by Crippen LogP contribution is -2.39. The van der Waals surface area contributed by atoms with E-state index in [1.54, 1.807) is 6.07 Å². The largest absolute Gasteiger partial charge is 0.352 e. The number of piperidine rings is 1. The number of carbonyl (C=O) groups excluding carboxylic acids is 3. The summed E-state index contributed by atoms with van der Waals surface area (Å²) in [6.45, 7) is 4.82. The number of nitrogens with zero attached hydrogens (tertiary/aromatic N) is 2. The number of likely N-dealkylation sites (tertiary alicyclic amines) is 1. The molecule has 2 aliphatic heterocycles. The molecule has 0 aliphatic carbocycles. The van der Waals surface area contributed by atoms with Gasteiger partial charge in [0.15, 0.2) is 0 Å². The van der Waals surface area contributed by atoms with Gasteiger partial charge in [-0.15, -0.1) is 12.4 Å². The van der Waals surface area contributed by atoms with Crippen LogP contribution in [0.25, 0.3) is 0 Å². The molecule has 0 saturated carbocycles. The summed E-state index contributed by atoms with van der Waals surface area (Å²) in [5, 5.41) is 2.89. The van der Waals surface area contributed by atoms with Crippen LogP contribution in [0.1, 0.15) is 63.7 Å². The van der Waals surface area contributed by atoms with E-state index >= 15 is 0 Å². The molecule has 1 saturated heterocycles. The Kier molecular flexibility index (Phi) is 7.64. The first-order valence-electron chi connectivity index (χ1n) is 10.8. The molecule has 32 heavy (non-hydrogen) atoms. The highest BCUT2D eigenvalue weighted by atomic mass is 35.5. The minimum Gasteiger partial charge on any atom is -0.352 e. The molecule has 2 aromatic carbocycles. The lowest BCUT2D eigenvalue weighted by molar-refractivity contribution is 0.0922. The zero-order valence-corrected chi connectivity index (χ0v) is 18.8. The average molecular weight is 460 g/mol. The highest BCUT2D eigenvalue weighted by Crippen LogP contribution is 2.30. The lowest BCUT2D eigenvalue weighted by atomic mass is 10.0. The lowest BCUT2D eigenvalue weighted by Gasteiger charge is -2.33. The summed E-state index contributed by atoms with van der Waals surface area (Å²) in [4.78, 5) is 41.3. The number of fused-ring (bicyclic) bond motifs is 1. The fraction of sp³-hybridized carbons (Fsp3) is 0.375. The molecule has 2 heterocycles. The highest BCUT2D eigenvalue weighted by Gasteiger charge is 2.38. The molecule has 0 bridgehead atoms. The van der Waals surface area contributed by atoms with Gasteiger partial charge < -0.3 is 10.2 Å². The molecule has 1 unspecified atom stereocenters. The van der Waals surface area contributed by atoms with Crippen LogP contribution in [0.15, 0.2) is 42.5 Å². The molecule has 1 fully saturated rings. The first-order chi connectivity index (χ1) is 15.0. The Labute approximate surface area is 193 Å². The molecule has 0 radical (unpaired) electrons. The number of rotatable bonds is 6. The number of halogens is 2. The van der Waals surface area contributed by atoms with Crippen molar-refractivity contribution < 1.29 is 18.8 Å². The third kappa shape index (κ3) is 4.69. The molecule has 4 rings (SSSR count). The number of anilines is 1. The first kappa shape index (κ1) is 23.9. The number of carbonyl (C=O) groups is 3. The third-order valence-corrected chi connectivity index (χ3v) is 6.09. The zero-order chi connectivity index (χ0) is 22.0. The predicted molar refractivity (Wildman–Crippen MR) is 123 cm³/mol. The maximum absolute atomic E-state index is 14.1. The molecule has 0 spiro atoms. The van der Waals surface area contributed by atoms with E-state index in [-0.39, 0.29) is 35.1 Å². The van der Waals surface area contributed by atoms with Crippen LogP contribution in [0, 0.1) is 5.82 Å². The summed E-state index contributed by atoms with van der Waals surface area (Å²) in [6.07, 6.45) is 4.57. The van der Waals surface area contributed by atoms with Gasteiger partial charge in [-0.25, -0.2) is 9.29 Å². The van der Waals surface area contributed by atoms with Crippen molar-refractivity contribution in [3.8, 4) is 0 Å². The van der Waals surface area contributed by atoms with Crippen molar-refractivity contribution in [1.82, 2.24) is 10.2 Å². The maximum atomic E-state index is 14.1. The molecular formula is C24H27ClFN3O3. The van der Waals surface area contributed by atoms with Crippen LogP contribution in [0.4, 0.5) is 10.1 Å². The van der Waals surface area contributed by atoms with Gasteiger partial charge in [-0.05, 0) is 63.1 Å². The van der Waals surface area contributed by atoms with Crippen molar-refractivity contribution in [1.29, 1.82) is 0 Å². The van der Waals surface area contributed by atoms with Gasteiger partial charge in [0.1, 0.15) is 5.82 Å². The van der Waals surface area contributed by atoms with Crippen LogP contribution in [-0.2, 0) is 0 Å². The Morgan fingerprint density at radius 2 is 1.84 bits per heavy atom. The second-order valence-electron chi connectivity index (χ2n) is 8.15. The number of amides is 3. The fourth-order valence-corrected chi connectivity index (χ4v) is 4.31. The Bertz CT molecular complexity index is 1030. The number of para-hydroxylation sites is 1. The normalized spacial score (nSPS) is 18.3. The molecule has 3 amide bonds. The van der Waals surface area contributed by atoms with Crippen LogP contribution in [0.3, 0.4) is 0 Å². The van der Waals surface area contributed by atoms with E-state index in [0.29, 0.717) is 18.2 Å². The van der Waals surface area contributed by atoms with Crippen molar-refractivity contribution >= 4 is 35.8 Å². The second kappa shape index (κ2) is 10.2. The summed E-state index contributed by atoms with van der Waals surface area (Å²) in [7, 11) is 0. The van der Waals surface area contributed by atoms with Gasteiger partial charge in [0.2, 0.25) is 0 Å². The van der Waals surface area contributed by atoms with Crippen LogP contribution in [0.2, 0.25) is 0 Å². The molecule has 6 nitrogen and oxygen atoms in total. The van der Waals surface area contributed by atoms with Gasteiger partial charge in [0.25, 0.3) is 17.7 Å². The van der Waals surface area contributed by atoms with E-state index in [1.807, 2.05) is 0 Å². The van der Waals surface area contributed by atoms with E-state index in [9.17, 15) is 18.8 Å². The van der Waals surface area contributed by atoms with Crippen molar-refractivity contribution in [3.05, 3.63) is 65.0 Å². The van der Waals surface area contributed by atoms with Gasteiger partial charge in [-0.3, -0.25) is 14.4 Å². The van der Waals surface area contributed by atoms with Crippen molar-refractivity contribution in [3.63, 3.8) is 0 Å². The smallest absolute Gasteiger partial charge is 0.266 e. The van der Waals surface area contributed by atoms with Crippen LogP contribution in [0.5, 0.6) is 0 Å². The molecule has 170 valence electrons. The Balaban J connectivity index is 0.00000289. The molecule has 2 aliphatic rings. The molecular weight excluding hydrogens is 433 g/mol. The summed E-state index contributed by atoms with van der Waals surface area (Å²) in [5.41, 5.74) is 0.500. The van der Waals surface area contributed by atoms with Crippen molar-refractivity contribution in [2.45, 2.75) is 38.6 Å². The van der Waals surface area contributed by atoms with E-state index in [4.69, 9.17) is 0 Å². The van der Waals surface area contributed by atoms with Gasteiger partial charge in [0.05, 0.1) is 16.8 Å². The highest BCUT2D eigenvalue weighted by molar-refractivity contribution is 6.34. The van der Waals surface area contributed by atoms with Gasteiger partial charge in [-0.2, -0.15) is 0 Å². The van der Waals surface area contributed by atoms with E-state index in [0.717, 1.165) is 24.4 Å². The summed E-state index contributed by atoms with van der Waals surface area (Å²) in [5.74, 6) is -2.16. The summed E-state index contributed by atoms with van der Waals surface area (Å²) >= 11 is 0. The molecule has 0 aromatic heterocycles. The van der Waals surface area contributed by atoms with Crippen LogP contribution >= 0.6 is 12.4 Å². The number of hydrogen-bond donors (Lipinski definition) is 1. The van der Waals surface area contributed by atoms with Crippen molar-refractivity contribution in [2.75, 3.05) is 24.5 Å². The van der Waals surface area contributed by atoms with E-state index in [2.05, 4.69) is 17.1 Å². The monoisotopic (exact) mass is 459 g/mol. The quantitative estimate of drug-likeness (QED) is 0.522. The Morgan fingerprint density at radius 1 is 1.09 bits per heavy atom. The maximum Gasteiger partial charge on any atom is 0.266 e. The van der Waals surface area contributed by atoms with E-state index in [1.165, 1.54) is 55.7 Å². The summed E-state index contributed by atoms with van der Waals surface area (Å²) < 4.78 is 14.1. The molecule has 1 N–H and O–H groups in total. The topological polar surface area (TPSA) is 69.7 Å². The number of hydrogen-bond acceptors (Lipinski definition) is 4. The van der Waals surface area contributed by atoms with Gasteiger partial charge in [0, 0.05) is 24.7 Å². The fourth-order valence-electron chi connectivity index (χ4n) is 4.31. The molecule has 1 atom stereocenters. The molecule has 2 aromatic rings. The minimum absolute atomic E-state index is 0. The number of imide groups is 1. The second-order valence-corrected chi connectivity index (χ2v) is 8.15. The van der Waals surface area contributed by atoms with Gasteiger partial charge >= 0.3 is 0 Å². The Hall–Kier alpha value is -2.77. The van der Waals surface area contributed by atoms with E-state index < -0.39 is 17.6 Å². The number of nitrogens with one attached hydrogen (secondary N) is 1. The van der Waals surface area contributed by atoms with Crippen LogP contribution in [-0.4, -0.2) is 48.3 Å². The minimum atomic E-state index is -0.655. The average Bonchev–Trinajstić information content (AvgIpc) is 3.02. The van der Waals surface area contributed by atoms with Crippen LogP contribution < -0.4 is 10.2 Å². The summed E-state index contributed by atoms with van der Waals surface area (Å²) in [6, 6.07) is 10.6. The predicted octanol–water partition coefficient (Wildman–Crippen LogP) is 4.04. The standard InChI is InChI=1S/C24H26FN3O3.ClH/c1-16-7-4-5-13-27(16)14-6-12-26-22(29)17-10-11-18-19(15-17)24(31)28(23(18)30)21-9-3-2-8-20(21)25;/h2-3,8-11,15-16H,4-7,12-14H2,1H3,(H,26,29);1H. The zero-order valence-electron chi connectivity index (χ0n) is 18.0.